The van der Waals surface area contributed by atoms with Gasteiger partial charge in [-0.05, 0) is 36.4 Å². The molecular formula is C24H24N2O3. The molecular weight excluding hydrogens is 364 g/mol. The molecule has 4 N–H and O–H groups in total. The molecule has 0 spiro atoms. The van der Waals surface area contributed by atoms with E-state index in [2.05, 4.69) is 0 Å². The van der Waals surface area contributed by atoms with Crippen LogP contribution in [-0.4, -0.2) is 11.6 Å². The van der Waals surface area contributed by atoms with Gasteiger partial charge in [-0.2, -0.15) is 0 Å². The van der Waals surface area contributed by atoms with E-state index >= 15 is 0 Å². The van der Waals surface area contributed by atoms with Gasteiger partial charge in [-0.3, -0.25) is 4.74 Å². The van der Waals surface area contributed by atoms with Gasteiger partial charge >= 0.3 is 0 Å². The molecule has 2 aliphatic rings. The summed E-state index contributed by atoms with van der Waals surface area (Å²) >= 11 is 0. The lowest BCUT2D eigenvalue weighted by molar-refractivity contribution is -0.267. The minimum atomic E-state index is -1.08. The highest BCUT2D eigenvalue weighted by molar-refractivity contribution is 5.53. The molecule has 2 unspecified atom stereocenters. The fraction of sp³-hybridized carbons (Fsp3) is 0.167. The van der Waals surface area contributed by atoms with Crippen molar-refractivity contribution in [1.82, 2.24) is 0 Å². The summed E-state index contributed by atoms with van der Waals surface area (Å²) in [6.45, 7) is 0. The average Bonchev–Trinajstić information content (AvgIpc) is 2.73. The van der Waals surface area contributed by atoms with Crippen LogP contribution in [0, 0.1) is 0 Å². The van der Waals surface area contributed by atoms with Gasteiger partial charge in [0.2, 0.25) is 11.6 Å². The summed E-state index contributed by atoms with van der Waals surface area (Å²) in [7, 11) is 0. The van der Waals surface area contributed by atoms with E-state index in [-0.39, 0.29) is 0 Å². The number of nitrogen functional groups attached to an aromatic ring is 2. The number of benzene rings is 2. The van der Waals surface area contributed by atoms with Crippen LogP contribution in [0.3, 0.4) is 0 Å². The maximum Gasteiger partial charge on any atom is 0.238 e. The van der Waals surface area contributed by atoms with Crippen molar-refractivity contribution in [2.45, 2.75) is 24.4 Å². The summed E-state index contributed by atoms with van der Waals surface area (Å²) in [5, 5.41) is 0. The van der Waals surface area contributed by atoms with Crippen molar-refractivity contribution in [3.05, 3.63) is 97.1 Å². The van der Waals surface area contributed by atoms with Gasteiger partial charge in [0, 0.05) is 12.8 Å². The van der Waals surface area contributed by atoms with Gasteiger partial charge in [-0.25, -0.2) is 0 Å². The van der Waals surface area contributed by atoms with Gasteiger partial charge in [0.05, 0.1) is 11.4 Å². The fourth-order valence-corrected chi connectivity index (χ4v) is 3.32. The Morgan fingerprint density at radius 3 is 1.45 bits per heavy atom. The second-order valence-corrected chi connectivity index (χ2v) is 6.99. The third kappa shape index (κ3) is 4.20. The number of para-hydroxylation sites is 4. The monoisotopic (exact) mass is 388 g/mol. The van der Waals surface area contributed by atoms with E-state index in [1.807, 2.05) is 85.0 Å². The molecule has 2 aromatic rings. The molecule has 2 aromatic carbocycles. The van der Waals surface area contributed by atoms with E-state index in [1.54, 1.807) is 12.1 Å². The maximum absolute atomic E-state index is 6.59. The van der Waals surface area contributed by atoms with Gasteiger partial charge in [0.15, 0.2) is 0 Å². The molecule has 0 aliphatic heterocycles. The highest BCUT2D eigenvalue weighted by atomic mass is 16.8. The van der Waals surface area contributed by atoms with Crippen LogP contribution < -0.4 is 20.9 Å². The van der Waals surface area contributed by atoms with Crippen LogP contribution in [0.5, 0.6) is 11.5 Å². The summed E-state index contributed by atoms with van der Waals surface area (Å²) in [5.41, 5.74) is 13.3. The molecule has 0 heterocycles. The molecule has 0 aromatic heterocycles. The van der Waals surface area contributed by atoms with Crippen molar-refractivity contribution in [3.63, 3.8) is 0 Å². The highest BCUT2D eigenvalue weighted by Gasteiger charge is 2.43. The van der Waals surface area contributed by atoms with Gasteiger partial charge in [0.25, 0.3) is 0 Å². The minimum absolute atomic E-state index is 0.505. The van der Waals surface area contributed by atoms with Gasteiger partial charge in [0.1, 0.15) is 11.5 Å². The first-order valence-electron chi connectivity index (χ1n) is 9.56. The molecule has 5 nitrogen and oxygen atoms in total. The molecule has 0 saturated heterocycles. The first-order chi connectivity index (χ1) is 14.1. The quantitative estimate of drug-likeness (QED) is 0.551. The molecule has 4 rings (SSSR count). The normalized spacial score (nSPS) is 25.1. The summed E-state index contributed by atoms with van der Waals surface area (Å²) in [6, 6.07) is 14.7. The van der Waals surface area contributed by atoms with Crippen LogP contribution in [0.2, 0.25) is 0 Å². The van der Waals surface area contributed by atoms with Crippen molar-refractivity contribution in [2.24, 2.45) is 0 Å². The molecule has 5 heteroatoms. The van der Waals surface area contributed by atoms with Crippen molar-refractivity contribution >= 4 is 11.4 Å². The zero-order valence-corrected chi connectivity index (χ0v) is 16.0. The number of rotatable bonds is 6. The van der Waals surface area contributed by atoms with E-state index in [0.717, 1.165) is 0 Å². The Bertz CT molecular complexity index is 916. The Morgan fingerprint density at radius 2 is 1.07 bits per heavy atom. The second-order valence-electron chi connectivity index (χ2n) is 6.99. The standard InChI is InChI=1S/C24H24N2O3/c25-19-11-3-5-13-21(19)27-23(15-7-1-8-16-23)29-24(17-9-2-10-18-24)28-22-14-6-4-12-20(22)26/h1-15,17H,16,18,25-26H2. The molecule has 0 amide bonds. The highest BCUT2D eigenvalue weighted by Crippen LogP contribution is 2.38. The van der Waals surface area contributed by atoms with Crippen molar-refractivity contribution < 1.29 is 14.2 Å². The van der Waals surface area contributed by atoms with Crippen molar-refractivity contribution in [2.75, 3.05) is 11.5 Å². The topological polar surface area (TPSA) is 79.7 Å². The summed E-state index contributed by atoms with van der Waals surface area (Å²) in [5.74, 6) is -1.05. The Kier molecular flexibility index (Phi) is 5.14. The third-order valence-corrected chi connectivity index (χ3v) is 4.75. The Balaban J connectivity index is 1.68. The zero-order valence-electron chi connectivity index (χ0n) is 16.0. The Morgan fingerprint density at radius 1 is 0.621 bits per heavy atom. The SMILES string of the molecule is Nc1ccccc1OC1(OC2(Oc3ccccc3N)C=CC=CC2)C=CC=CC1. The van der Waals surface area contributed by atoms with E-state index < -0.39 is 11.6 Å². The number of anilines is 2. The predicted octanol–water partition coefficient (Wildman–Crippen LogP) is 4.75. The number of hydrogen-bond acceptors (Lipinski definition) is 5. The maximum atomic E-state index is 6.59. The minimum Gasteiger partial charge on any atom is -0.456 e. The lowest BCUT2D eigenvalue weighted by Crippen LogP contribution is -2.50. The molecule has 148 valence electrons. The number of nitrogens with two attached hydrogens (primary N) is 2. The number of hydrogen-bond donors (Lipinski definition) is 2. The smallest absolute Gasteiger partial charge is 0.238 e. The van der Waals surface area contributed by atoms with Gasteiger partial charge in [-0.15, -0.1) is 0 Å². The largest absolute Gasteiger partial charge is 0.456 e. The van der Waals surface area contributed by atoms with Crippen LogP contribution in [0.15, 0.2) is 97.1 Å². The summed E-state index contributed by atoms with van der Waals surface area (Å²) in [4.78, 5) is 0. The van der Waals surface area contributed by atoms with E-state index in [4.69, 9.17) is 25.7 Å². The molecule has 2 atom stereocenters. The van der Waals surface area contributed by atoms with Crippen LogP contribution in [-0.2, 0) is 4.74 Å². The number of allylic oxidation sites excluding steroid dienone is 4. The third-order valence-electron chi connectivity index (χ3n) is 4.75. The van der Waals surface area contributed by atoms with E-state index in [1.165, 1.54) is 0 Å². The fourth-order valence-electron chi connectivity index (χ4n) is 3.32. The second kappa shape index (κ2) is 7.89. The van der Waals surface area contributed by atoms with Gasteiger partial charge < -0.3 is 20.9 Å². The first-order valence-corrected chi connectivity index (χ1v) is 9.56. The Labute approximate surface area is 170 Å². The molecule has 0 fully saturated rings. The van der Waals surface area contributed by atoms with E-state index in [0.29, 0.717) is 35.7 Å². The van der Waals surface area contributed by atoms with Crippen LogP contribution in [0.25, 0.3) is 0 Å². The molecule has 2 aliphatic carbocycles. The van der Waals surface area contributed by atoms with Gasteiger partial charge in [-0.1, -0.05) is 60.7 Å². The van der Waals surface area contributed by atoms with Crippen LogP contribution in [0.1, 0.15) is 12.8 Å². The lowest BCUT2D eigenvalue weighted by Gasteiger charge is -2.41. The zero-order chi connectivity index (χ0) is 20.2. The summed E-state index contributed by atoms with van der Waals surface area (Å²) in [6.07, 6.45) is 16.5. The molecule has 0 radical (unpaired) electrons. The molecule has 0 saturated carbocycles. The number of ether oxygens (including phenoxy) is 3. The van der Waals surface area contributed by atoms with E-state index in [9.17, 15) is 0 Å². The molecule has 29 heavy (non-hydrogen) atoms. The predicted molar refractivity (Wildman–Crippen MR) is 115 cm³/mol. The molecule has 0 bridgehead atoms. The summed E-state index contributed by atoms with van der Waals surface area (Å²) < 4.78 is 19.2. The average molecular weight is 388 g/mol. The van der Waals surface area contributed by atoms with Crippen LogP contribution in [0.4, 0.5) is 11.4 Å². The Hall–Kier alpha value is -3.44. The van der Waals surface area contributed by atoms with Crippen molar-refractivity contribution in [3.8, 4) is 11.5 Å². The first kappa shape index (κ1) is 18.9. The van der Waals surface area contributed by atoms with Crippen LogP contribution >= 0.6 is 0 Å². The lowest BCUT2D eigenvalue weighted by atomic mass is 10.0. The van der Waals surface area contributed by atoms with Crippen molar-refractivity contribution in [1.29, 1.82) is 0 Å².